The normalized spacial score (nSPS) is 17.3. The molecule has 2 amide bonds. The fourth-order valence-electron chi connectivity index (χ4n) is 2.87. The maximum Gasteiger partial charge on any atom is 0.319 e. The summed E-state index contributed by atoms with van der Waals surface area (Å²) < 4.78 is 0. The van der Waals surface area contributed by atoms with E-state index in [1.165, 1.54) is 0 Å². The summed E-state index contributed by atoms with van der Waals surface area (Å²) in [6.45, 7) is 1.87. The first-order valence-electron chi connectivity index (χ1n) is 7.69. The Morgan fingerprint density at radius 1 is 1.20 bits per heavy atom. The van der Waals surface area contributed by atoms with Crippen molar-refractivity contribution in [3.63, 3.8) is 0 Å². The highest BCUT2D eigenvalue weighted by Crippen LogP contribution is 2.38. The SMILES string of the molecule is CC1=C(c2nc(-c3cccs3)cs2)C(c2cccc(O)c2)NC(=O)N1. The quantitative estimate of drug-likeness (QED) is 0.642. The Labute approximate surface area is 152 Å². The third-order valence-corrected chi connectivity index (χ3v) is 5.75. The highest BCUT2D eigenvalue weighted by atomic mass is 32.1. The van der Waals surface area contributed by atoms with Gasteiger partial charge in [0.1, 0.15) is 10.8 Å². The average molecular weight is 369 g/mol. The van der Waals surface area contributed by atoms with Crippen LogP contribution in [0.25, 0.3) is 16.1 Å². The minimum atomic E-state index is -0.358. The van der Waals surface area contributed by atoms with E-state index in [1.807, 2.05) is 35.9 Å². The molecule has 0 spiro atoms. The summed E-state index contributed by atoms with van der Waals surface area (Å²) in [4.78, 5) is 17.9. The smallest absolute Gasteiger partial charge is 0.319 e. The van der Waals surface area contributed by atoms with E-state index in [4.69, 9.17) is 4.98 Å². The standard InChI is InChI=1S/C18H15N3O2S2/c1-10-15(17-20-13(9-25-17)14-6-3-7-24-14)16(21-18(23)19-10)11-4-2-5-12(22)8-11/h2-9,16,22H,1H3,(H2,19,21,23). The van der Waals surface area contributed by atoms with Crippen LogP contribution in [-0.2, 0) is 0 Å². The van der Waals surface area contributed by atoms with Crippen LogP contribution < -0.4 is 10.6 Å². The van der Waals surface area contributed by atoms with Crippen molar-refractivity contribution in [1.29, 1.82) is 0 Å². The molecule has 1 atom stereocenters. The third kappa shape index (κ3) is 3.04. The van der Waals surface area contributed by atoms with E-state index in [9.17, 15) is 9.90 Å². The van der Waals surface area contributed by atoms with E-state index in [0.29, 0.717) is 0 Å². The minimum absolute atomic E-state index is 0.167. The number of amides is 2. The Morgan fingerprint density at radius 2 is 2.08 bits per heavy atom. The molecular formula is C18H15N3O2S2. The maximum absolute atomic E-state index is 12.0. The van der Waals surface area contributed by atoms with Crippen molar-refractivity contribution in [3.8, 4) is 16.3 Å². The molecule has 0 saturated carbocycles. The molecule has 0 bridgehead atoms. The molecule has 3 aromatic rings. The second-order valence-electron chi connectivity index (χ2n) is 5.68. The first-order valence-corrected chi connectivity index (χ1v) is 9.45. The van der Waals surface area contributed by atoms with Crippen LogP contribution in [0.15, 0.2) is 52.9 Å². The summed E-state index contributed by atoms with van der Waals surface area (Å²) in [7, 11) is 0. The number of rotatable bonds is 3. The van der Waals surface area contributed by atoms with Gasteiger partial charge in [0.15, 0.2) is 0 Å². The number of aromatic nitrogens is 1. The summed E-state index contributed by atoms with van der Waals surface area (Å²) in [5.74, 6) is 0.167. The van der Waals surface area contributed by atoms with Crippen molar-refractivity contribution in [2.24, 2.45) is 0 Å². The molecule has 0 radical (unpaired) electrons. The predicted octanol–water partition coefficient (Wildman–Crippen LogP) is 4.36. The van der Waals surface area contributed by atoms with Gasteiger partial charge in [-0.2, -0.15) is 0 Å². The molecule has 2 aromatic heterocycles. The lowest BCUT2D eigenvalue weighted by molar-refractivity contribution is 0.240. The molecule has 1 aliphatic heterocycles. The van der Waals surface area contributed by atoms with Crippen molar-refractivity contribution in [2.45, 2.75) is 13.0 Å². The summed E-state index contributed by atoms with van der Waals surface area (Å²) in [6.07, 6.45) is 0. The maximum atomic E-state index is 12.0. The first kappa shape index (κ1) is 15.9. The lowest BCUT2D eigenvalue weighted by atomic mass is 9.96. The number of urea groups is 1. The zero-order valence-corrected chi connectivity index (χ0v) is 14.9. The topological polar surface area (TPSA) is 74.2 Å². The number of phenolic OH excluding ortho intramolecular Hbond substituents is 1. The molecule has 25 heavy (non-hydrogen) atoms. The largest absolute Gasteiger partial charge is 0.508 e. The van der Waals surface area contributed by atoms with Crippen LogP contribution in [0.3, 0.4) is 0 Å². The van der Waals surface area contributed by atoms with E-state index < -0.39 is 0 Å². The van der Waals surface area contributed by atoms with Gasteiger partial charge in [-0.05, 0) is 36.1 Å². The van der Waals surface area contributed by atoms with Gasteiger partial charge in [-0.25, -0.2) is 9.78 Å². The molecule has 1 aromatic carbocycles. The van der Waals surface area contributed by atoms with Gasteiger partial charge in [0, 0.05) is 16.7 Å². The number of aromatic hydroxyl groups is 1. The van der Waals surface area contributed by atoms with Crippen molar-refractivity contribution >= 4 is 34.3 Å². The van der Waals surface area contributed by atoms with Gasteiger partial charge < -0.3 is 15.7 Å². The molecular weight excluding hydrogens is 354 g/mol. The number of phenols is 1. The minimum Gasteiger partial charge on any atom is -0.508 e. The number of thiazole rings is 1. The van der Waals surface area contributed by atoms with E-state index >= 15 is 0 Å². The zero-order valence-electron chi connectivity index (χ0n) is 13.3. The van der Waals surface area contributed by atoms with E-state index in [-0.39, 0.29) is 17.8 Å². The van der Waals surface area contributed by atoms with E-state index in [0.717, 1.165) is 32.4 Å². The molecule has 0 fully saturated rings. The highest BCUT2D eigenvalue weighted by molar-refractivity contribution is 7.14. The second kappa shape index (κ2) is 6.34. The van der Waals surface area contributed by atoms with Crippen molar-refractivity contribution in [1.82, 2.24) is 15.6 Å². The molecule has 5 nitrogen and oxygen atoms in total. The van der Waals surface area contributed by atoms with Crippen molar-refractivity contribution in [2.75, 3.05) is 0 Å². The number of carbonyl (C=O) groups is 1. The monoisotopic (exact) mass is 369 g/mol. The number of nitrogens with zero attached hydrogens (tertiary/aromatic N) is 1. The summed E-state index contributed by atoms with van der Waals surface area (Å²) in [5, 5.41) is 20.5. The van der Waals surface area contributed by atoms with Gasteiger partial charge in [-0.15, -0.1) is 22.7 Å². The molecule has 1 unspecified atom stereocenters. The number of nitrogens with one attached hydrogen (secondary N) is 2. The second-order valence-corrected chi connectivity index (χ2v) is 7.49. The predicted molar refractivity (Wildman–Crippen MR) is 101 cm³/mol. The number of carbonyl (C=O) groups excluding carboxylic acids is 1. The van der Waals surface area contributed by atoms with E-state index in [1.54, 1.807) is 40.9 Å². The Morgan fingerprint density at radius 3 is 2.84 bits per heavy atom. The number of hydrogen-bond acceptors (Lipinski definition) is 5. The van der Waals surface area contributed by atoms with Crippen molar-refractivity contribution < 1.29 is 9.90 Å². The fourth-order valence-corrected chi connectivity index (χ4v) is 4.58. The van der Waals surface area contributed by atoms with Gasteiger partial charge >= 0.3 is 6.03 Å². The fraction of sp³-hybridized carbons (Fsp3) is 0.111. The molecule has 3 N–H and O–H groups in total. The van der Waals surface area contributed by atoms with Crippen LogP contribution in [0.2, 0.25) is 0 Å². The molecule has 3 heterocycles. The third-order valence-electron chi connectivity index (χ3n) is 3.98. The molecule has 0 aliphatic carbocycles. The summed E-state index contributed by atoms with van der Waals surface area (Å²) in [5.41, 5.74) is 3.43. The van der Waals surface area contributed by atoms with Gasteiger partial charge in [-0.1, -0.05) is 18.2 Å². The average Bonchev–Trinajstić information content (AvgIpc) is 3.25. The van der Waals surface area contributed by atoms with Gasteiger partial charge in [0.25, 0.3) is 0 Å². The summed E-state index contributed by atoms with van der Waals surface area (Å²) >= 11 is 3.19. The summed E-state index contributed by atoms with van der Waals surface area (Å²) in [6, 6.07) is 10.4. The van der Waals surface area contributed by atoms with Crippen LogP contribution in [0, 0.1) is 0 Å². The lowest BCUT2D eigenvalue weighted by Gasteiger charge is -2.28. The van der Waals surface area contributed by atoms with Gasteiger partial charge in [-0.3, -0.25) is 0 Å². The number of thiophene rings is 1. The molecule has 7 heteroatoms. The Balaban J connectivity index is 1.79. The van der Waals surface area contributed by atoms with Crippen LogP contribution in [0.5, 0.6) is 5.75 Å². The number of hydrogen-bond donors (Lipinski definition) is 3. The Hall–Kier alpha value is -2.64. The number of allylic oxidation sites excluding steroid dienone is 1. The molecule has 0 saturated heterocycles. The van der Waals surface area contributed by atoms with Crippen LogP contribution in [0.1, 0.15) is 23.5 Å². The highest BCUT2D eigenvalue weighted by Gasteiger charge is 2.29. The molecule has 4 rings (SSSR count). The van der Waals surface area contributed by atoms with Crippen LogP contribution >= 0.6 is 22.7 Å². The Bertz CT molecular complexity index is 960. The van der Waals surface area contributed by atoms with Gasteiger partial charge in [0.2, 0.25) is 0 Å². The van der Waals surface area contributed by atoms with Crippen molar-refractivity contribution in [3.05, 3.63) is 63.4 Å². The van der Waals surface area contributed by atoms with Crippen LogP contribution in [0.4, 0.5) is 4.79 Å². The van der Waals surface area contributed by atoms with Crippen LogP contribution in [-0.4, -0.2) is 16.1 Å². The first-order chi connectivity index (χ1) is 12.1. The lowest BCUT2D eigenvalue weighted by Crippen LogP contribution is -2.42. The Kier molecular flexibility index (Phi) is 4.03. The number of benzene rings is 1. The molecule has 126 valence electrons. The van der Waals surface area contributed by atoms with E-state index in [2.05, 4.69) is 10.6 Å². The van der Waals surface area contributed by atoms with Gasteiger partial charge in [0.05, 0.1) is 16.6 Å². The zero-order chi connectivity index (χ0) is 17.4. The molecule has 1 aliphatic rings.